The molecule has 5 heteroatoms. The lowest BCUT2D eigenvalue weighted by atomic mass is 10.0. The van der Waals surface area contributed by atoms with Crippen LogP contribution in [0.3, 0.4) is 0 Å². The van der Waals surface area contributed by atoms with E-state index in [0.29, 0.717) is 5.56 Å². The molecule has 0 N–H and O–H groups in total. The van der Waals surface area contributed by atoms with Crippen LogP contribution in [0.25, 0.3) is 6.08 Å². The fraction of sp³-hybridized carbons (Fsp3) is 0.467. The third kappa shape index (κ3) is 3.15. The highest BCUT2D eigenvalue weighted by molar-refractivity contribution is 5.68. The van der Waals surface area contributed by atoms with E-state index in [2.05, 4.69) is 11.5 Å². The van der Waals surface area contributed by atoms with Gasteiger partial charge in [-0.15, -0.1) is 0 Å². The molecule has 1 aromatic carbocycles. The Balaban J connectivity index is 2.22. The van der Waals surface area contributed by atoms with Gasteiger partial charge in [-0.1, -0.05) is 12.7 Å². The summed E-state index contributed by atoms with van der Waals surface area (Å²) in [6, 6.07) is 3.82. The van der Waals surface area contributed by atoms with E-state index in [9.17, 15) is 13.2 Å². The number of methoxy groups -OCH3 is 1. The standard InChI is InChI=1S/C15H18F3NO/c1-3-11-10-12(15(16,17)18)4-5-14(11)19-8-6-13(20-2)7-9-19/h3-5,10,13H,1,6-9H2,2H3. The second-order valence-corrected chi connectivity index (χ2v) is 4.90. The summed E-state index contributed by atoms with van der Waals surface area (Å²) in [5.74, 6) is 0. The van der Waals surface area contributed by atoms with E-state index < -0.39 is 11.7 Å². The molecule has 2 nitrogen and oxygen atoms in total. The van der Waals surface area contributed by atoms with Crippen LogP contribution in [0.4, 0.5) is 18.9 Å². The maximum Gasteiger partial charge on any atom is 0.416 e. The van der Waals surface area contributed by atoms with Crippen LogP contribution in [-0.2, 0) is 10.9 Å². The van der Waals surface area contributed by atoms with Crippen molar-refractivity contribution in [3.63, 3.8) is 0 Å². The molecule has 20 heavy (non-hydrogen) atoms. The van der Waals surface area contributed by atoms with Crippen LogP contribution in [0.2, 0.25) is 0 Å². The van der Waals surface area contributed by atoms with Crippen molar-refractivity contribution in [1.82, 2.24) is 0 Å². The van der Waals surface area contributed by atoms with Gasteiger partial charge in [0.15, 0.2) is 0 Å². The van der Waals surface area contributed by atoms with Gasteiger partial charge in [0.25, 0.3) is 0 Å². The molecule has 2 rings (SSSR count). The van der Waals surface area contributed by atoms with Crippen molar-refractivity contribution in [2.45, 2.75) is 25.1 Å². The normalized spacial score (nSPS) is 17.3. The monoisotopic (exact) mass is 285 g/mol. The number of piperidine rings is 1. The molecule has 0 unspecified atom stereocenters. The molecule has 0 amide bonds. The number of anilines is 1. The third-order valence-corrected chi connectivity index (χ3v) is 3.69. The van der Waals surface area contributed by atoms with Crippen LogP contribution in [0.5, 0.6) is 0 Å². The molecule has 0 radical (unpaired) electrons. The lowest BCUT2D eigenvalue weighted by Gasteiger charge is -2.34. The van der Waals surface area contributed by atoms with Crippen LogP contribution in [0, 0.1) is 0 Å². The minimum absolute atomic E-state index is 0.243. The first-order chi connectivity index (χ1) is 9.45. The van der Waals surface area contributed by atoms with Gasteiger partial charge in [0, 0.05) is 25.9 Å². The molecule has 1 heterocycles. The first-order valence-electron chi connectivity index (χ1n) is 6.57. The molecule has 1 saturated heterocycles. The van der Waals surface area contributed by atoms with Gasteiger partial charge in [-0.05, 0) is 36.6 Å². The van der Waals surface area contributed by atoms with Crippen molar-refractivity contribution in [1.29, 1.82) is 0 Å². The van der Waals surface area contributed by atoms with Crippen molar-refractivity contribution in [3.8, 4) is 0 Å². The Morgan fingerprint density at radius 2 is 1.95 bits per heavy atom. The number of rotatable bonds is 3. The molecule has 1 fully saturated rings. The highest BCUT2D eigenvalue weighted by atomic mass is 19.4. The largest absolute Gasteiger partial charge is 0.416 e. The molecule has 0 saturated carbocycles. The van der Waals surface area contributed by atoms with Crippen LogP contribution in [0.15, 0.2) is 24.8 Å². The van der Waals surface area contributed by atoms with Gasteiger partial charge >= 0.3 is 6.18 Å². The average Bonchev–Trinajstić information content (AvgIpc) is 2.45. The SMILES string of the molecule is C=Cc1cc(C(F)(F)F)ccc1N1CCC(OC)CC1. The molecule has 1 aliphatic rings. The second kappa shape index (κ2) is 5.87. The minimum atomic E-state index is -4.32. The van der Waals surface area contributed by atoms with Crippen molar-refractivity contribution in [2.75, 3.05) is 25.1 Å². The summed E-state index contributed by atoms with van der Waals surface area (Å²) in [6.07, 6.45) is -0.831. The molecule has 0 spiro atoms. The maximum atomic E-state index is 12.7. The van der Waals surface area contributed by atoms with E-state index in [-0.39, 0.29) is 6.10 Å². The average molecular weight is 285 g/mol. The van der Waals surface area contributed by atoms with E-state index >= 15 is 0 Å². The van der Waals surface area contributed by atoms with E-state index in [1.54, 1.807) is 7.11 Å². The van der Waals surface area contributed by atoms with Gasteiger partial charge < -0.3 is 9.64 Å². The van der Waals surface area contributed by atoms with E-state index in [4.69, 9.17) is 4.74 Å². The van der Waals surface area contributed by atoms with E-state index in [0.717, 1.165) is 43.8 Å². The quantitative estimate of drug-likeness (QED) is 0.833. The van der Waals surface area contributed by atoms with Crippen LogP contribution in [0.1, 0.15) is 24.0 Å². The Morgan fingerprint density at radius 3 is 2.45 bits per heavy atom. The summed E-state index contributed by atoms with van der Waals surface area (Å²) in [6.45, 7) is 5.19. The minimum Gasteiger partial charge on any atom is -0.381 e. The zero-order valence-electron chi connectivity index (χ0n) is 11.4. The second-order valence-electron chi connectivity index (χ2n) is 4.90. The zero-order valence-corrected chi connectivity index (χ0v) is 11.4. The smallest absolute Gasteiger partial charge is 0.381 e. The maximum absolute atomic E-state index is 12.7. The summed E-state index contributed by atoms with van der Waals surface area (Å²) in [4.78, 5) is 2.09. The number of hydrogen-bond donors (Lipinski definition) is 0. The number of ether oxygens (including phenoxy) is 1. The van der Waals surface area contributed by atoms with Crippen LogP contribution < -0.4 is 4.90 Å². The molecule has 0 aliphatic carbocycles. The Kier molecular flexibility index (Phi) is 4.38. The lowest BCUT2D eigenvalue weighted by Crippen LogP contribution is -2.37. The fourth-order valence-corrected chi connectivity index (χ4v) is 2.51. The third-order valence-electron chi connectivity index (χ3n) is 3.69. The number of hydrogen-bond acceptors (Lipinski definition) is 2. The molecule has 1 aliphatic heterocycles. The molecular weight excluding hydrogens is 267 g/mol. The summed E-state index contributed by atoms with van der Waals surface area (Å²) in [5.41, 5.74) is 0.696. The van der Waals surface area contributed by atoms with Gasteiger partial charge in [0.05, 0.1) is 11.7 Å². The number of nitrogens with zero attached hydrogens (tertiary/aromatic N) is 1. The van der Waals surface area contributed by atoms with Crippen LogP contribution >= 0.6 is 0 Å². The fourth-order valence-electron chi connectivity index (χ4n) is 2.51. The summed E-state index contributed by atoms with van der Waals surface area (Å²) in [5, 5.41) is 0. The Morgan fingerprint density at radius 1 is 1.30 bits per heavy atom. The van der Waals surface area contributed by atoms with E-state index in [1.165, 1.54) is 12.1 Å². The van der Waals surface area contributed by atoms with E-state index in [1.807, 2.05) is 0 Å². The number of benzene rings is 1. The van der Waals surface area contributed by atoms with Gasteiger partial charge in [-0.2, -0.15) is 13.2 Å². The molecule has 1 aromatic rings. The number of halogens is 3. The Bertz CT molecular complexity index is 476. The van der Waals surface area contributed by atoms with Crippen molar-refractivity contribution >= 4 is 11.8 Å². The van der Waals surface area contributed by atoms with Gasteiger partial charge in [-0.25, -0.2) is 0 Å². The Hall–Kier alpha value is -1.49. The van der Waals surface area contributed by atoms with Crippen molar-refractivity contribution in [2.24, 2.45) is 0 Å². The predicted molar refractivity (Wildman–Crippen MR) is 73.8 cm³/mol. The van der Waals surface area contributed by atoms with Crippen molar-refractivity contribution < 1.29 is 17.9 Å². The molecule has 0 aromatic heterocycles. The number of alkyl halides is 3. The first kappa shape index (κ1) is 14.9. The molecule has 0 bridgehead atoms. The first-order valence-corrected chi connectivity index (χ1v) is 6.57. The highest BCUT2D eigenvalue weighted by Crippen LogP contribution is 2.34. The topological polar surface area (TPSA) is 12.5 Å². The highest BCUT2D eigenvalue weighted by Gasteiger charge is 2.31. The summed E-state index contributed by atoms with van der Waals surface area (Å²) < 4.78 is 43.4. The Labute approximate surface area is 116 Å². The van der Waals surface area contributed by atoms with Gasteiger partial charge in [0.2, 0.25) is 0 Å². The van der Waals surface area contributed by atoms with Crippen LogP contribution in [-0.4, -0.2) is 26.3 Å². The zero-order chi connectivity index (χ0) is 14.8. The van der Waals surface area contributed by atoms with Crippen molar-refractivity contribution in [3.05, 3.63) is 35.9 Å². The predicted octanol–water partition coefficient (Wildman–Crippen LogP) is 3.96. The van der Waals surface area contributed by atoms with Gasteiger partial charge in [0.1, 0.15) is 0 Å². The van der Waals surface area contributed by atoms with Gasteiger partial charge in [-0.3, -0.25) is 0 Å². The molecule has 110 valence electrons. The lowest BCUT2D eigenvalue weighted by molar-refractivity contribution is -0.137. The summed E-state index contributed by atoms with van der Waals surface area (Å²) >= 11 is 0. The molecular formula is C15H18F3NO. The summed E-state index contributed by atoms with van der Waals surface area (Å²) in [7, 11) is 1.69. The molecule has 0 atom stereocenters.